The van der Waals surface area contributed by atoms with E-state index in [4.69, 9.17) is 25.5 Å². The predicted octanol–water partition coefficient (Wildman–Crippen LogP) is 4.27. The van der Waals surface area contributed by atoms with E-state index in [0.29, 0.717) is 28.1 Å². The first-order valence-corrected chi connectivity index (χ1v) is 9.85. The van der Waals surface area contributed by atoms with E-state index in [1.165, 1.54) is 0 Å². The molecule has 2 aromatic carbocycles. The van der Waals surface area contributed by atoms with Gasteiger partial charge in [-0.15, -0.1) is 10.2 Å². The van der Waals surface area contributed by atoms with Crippen molar-refractivity contribution in [1.82, 2.24) is 10.2 Å². The third kappa shape index (κ3) is 4.23. The minimum absolute atomic E-state index is 0.108. The van der Waals surface area contributed by atoms with Gasteiger partial charge in [-0.05, 0) is 36.8 Å². The Morgan fingerprint density at radius 3 is 2.89 bits per heavy atom. The van der Waals surface area contributed by atoms with Crippen molar-refractivity contribution in [2.45, 2.75) is 18.3 Å². The van der Waals surface area contributed by atoms with Crippen molar-refractivity contribution in [1.29, 1.82) is 0 Å². The highest BCUT2D eigenvalue weighted by molar-refractivity contribution is 7.99. The van der Waals surface area contributed by atoms with Crippen LogP contribution in [0, 0.1) is 6.92 Å². The highest BCUT2D eigenvalue weighted by Crippen LogP contribution is 2.36. The summed E-state index contributed by atoms with van der Waals surface area (Å²) in [5, 5.41) is 11.5. The molecule has 1 aromatic heterocycles. The number of benzene rings is 2. The smallest absolute Gasteiger partial charge is 0.277 e. The molecule has 1 unspecified atom stereocenters. The van der Waals surface area contributed by atoms with Crippen LogP contribution in [0.2, 0.25) is 5.02 Å². The van der Waals surface area contributed by atoms with E-state index >= 15 is 0 Å². The fraction of sp³-hybridized carbons (Fsp3) is 0.211. The molecule has 1 aliphatic rings. The van der Waals surface area contributed by atoms with Crippen LogP contribution in [-0.2, 0) is 4.79 Å². The highest BCUT2D eigenvalue weighted by Gasteiger charge is 2.27. The van der Waals surface area contributed by atoms with E-state index in [1.807, 2.05) is 37.3 Å². The molecule has 1 atom stereocenters. The summed E-state index contributed by atoms with van der Waals surface area (Å²) in [4.78, 5) is 12.1. The normalized spacial score (nSPS) is 15.3. The molecule has 0 bridgehead atoms. The minimum atomic E-state index is -0.489. The summed E-state index contributed by atoms with van der Waals surface area (Å²) in [5.41, 5.74) is 1.59. The number of aryl methyl sites for hydroxylation is 1. The second-order valence-electron chi connectivity index (χ2n) is 6.09. The van der Waals surface area contributed by atoms with Gasteiger partial charge in [-0.1, -0.05) is 41.6 Å². The molecule has 1 aliphatic heterocycles. The monoisotopic (exact) mass is 417 g/mol. The van der Waals surface area contributed by atoms with Crippen molar-refractivity contribution < 1.29 is 18.7 Å². The van der Waals surface area contributed by atoms with Crippen molar-refractivity contribution in [3.63, 3.8) is 0 Å². The summed E-state index contributed by atoms with van der Waals surface area (Å²) in [6.07, 6.45) is -0.489. The number of amides is 1. The van der Waals surface area contributed by atoms with E-state index in [2.05, 4.69) is 15.5 Å². The lowest BCUT2D eigenvalue weighted by Crippen LogP contribution is -2.21. The molecule has 0 saturated carbocycles. The molecule has 9 heteroatoms. The van der Waals surface area contributed by atoms with Gasteiger partial charge in [0.2, 0.25) is 12.0 Å². The van der Waals surface area contributed by atoms with Crippen LogP contribution in [0.25, 0.3) is 0 Å². The lowest BCUT2D eigenvalue weighted by atomic mass is 10.2. The summed E-state index contributed by atoms with van der Waals surface area (Å²) >= 11 is 7.26. The van der Waals surface area contributed by atoms with E-state index < -0.39 is 6.10 Å². The summed E-state index contributed by atoms with van der Waals surface area (Å²) in [5.74, 6) is 1.50. The van der Waals surface area contributed by atoms with Crippen molar-refractivity contribution in [3.8, 4) is 11.5 Å². The number of hydrogen-bond acceptors (Lipinski definition) is 7. The van der Waals surface area contributed by atoms with Gasteiger partial charge in [-0.3, -0.25) is 4.79 Å². The van der Waals surface area contributed by atoms with Crippen LogP contribution in [0.4, 0.5) is 5.69 Å². The molecule has 1 amide bonds. The molecular formula is C19H16ClN3O4S. The molecular weight excluding hydrogens is 402 g/mol. The van der Waals surface area contributed by atoms with Crippen LogP contribution >= 0.6 is 23.4 Å². The zero-order chi connectivity index (χ0) is 19.5. The zero-order valence-electron chi connectivity index (χ0n) is 14.8. The standard InChI is InChI=1S/C19H16ClN3O4S/c1-11-6-7-13(12(20)8-11)21-17(24)10-28-19-23-22-18(27-19)16-9-25-14-4-2-3-5-15(14)26-16/h2-8,16H,9-10H2,1H3,(H,21,24). The lowest BCUT2D eigenvalue weighted by molar-refractivity contribution is -0.113. The maximum Gasteiger partial charge on any atom is 0.277 e. The Hall–Kier alpha value is -2.71. The summed E-state index contributed by atoms with van der Waals surface area (Å²) in [6, 6.07) is 12.8. The Morgan fingerprint density at radius 2 is 2.07 bits per heavy atom. The van der Waals surface area contributed by atoms with E-state index in [9.17, 15) is 4.79 Å². The SMILES string of the molecule is Cc1ccc(NC(=O)CSc2nnc(C3COc4ccccc4O3)o2)c(Cl)c1. The van der Waals surface area contributed by atoms with Gasteiger partial charge < -0.3 is 19.2 Å². The lowest BCUT2D eigenvalue weighted by Gasteiger charge is -2.23. The number of thioether (sulfide) groups is 1. The number of anilines is 1. The Kier molecular flexibility index (Phi) is 5.40. The number of ether oxygens (including phenoxy) is 2. The van der Waals surface area contributed by atoms with Gasteiger partial charge in [-0.25, -0.2) is 0 Å². The molecule has 4 rings (SSSR count). The van der Waals surface area contributed by atoms with Crippen LogP contribution in [-0.4, -0.2) is 28.5 Å². The number of aromatic nitrogens is 2. The van der Waals surface area contributed by atoms with Crippen molar-refractivity contribution in [2.75, 3.05) is 17.7 Å². The van der Waals surface area contributed by atoms with Crippen LogP contribution < -0.4 is 14.8 Å². The average molecular weight is 418 g/mol. The topological polar surface area (TPSA) is 86.5 Å². The quantitative estimate of drug-likeness (QED) is 0.620. The number of carbonyl (C=O) groups excluding carboxylic acids is 1. The number of rotatable bonds is 5. The number of fused-ring (bicyclic) bond motifs is 1. The number of halogens is 1. The fourth-order valence-corrected chi connectivity index (χ4v) is 3.44. The van der Waals surface area contributed by atoms with Gasteiger partial charge in [0.25, 0.3) is 11.1 Å². The molecule has 1 N–H and O–H groups in total. The number of nitrogens with one attached hydrogen (secondary N) is 1. The fourth-order valence-electron chi connectivity index (χ4n) is 2.59. The minimum Gasteiger partial charge on any atom is -0.485 e. The maximum absolute atomic E-state index is 12.1. The molecule has 28 heavy (non-hydrogen) atoms. The van der Waals surface area contributed by atoms with Crippen LogP contribution in [0.3, 0.4) is 0 Å². The van der Waals surface area contributed by atoms with Gasteiger partial charge in [0.1, 0.15) is 6.61 Å². The first kappa shape index (κ1) is 18.6. The molecule has 0 saturated heterocycles. The zero-order valence-corrected chi connectivity index (χ0v) is 16.4. The molecule has 0 aliphatic carbocycles. The first-order chi connectivity index (χ1) is 13.6. The van der Waals surface area contributed by atoms with Crippen LogP contribution in [0.5, 0.6) is 11.5 Å². The Bertz CT molecular complexity index is 1010. The van der Waals surface area contributed by atoms with Crippen molar-refractivity contribution in [3.05, 3.63) is 58.9 Å². The molecule has 0 fully saturated rings. The van der Waals surface area contributed by atoms with E-state index in [1.54, 1.807) is 12.1 Å². The van der Waals surface area contributed by atoms with E-state index in [-0.39, 0.29) is 23.5 Å². The van der Waals surface area contributed by atoms with Gasteiger partial charge >= 0.3 is 0 Å². The van der Waals surface area contributed by atoms with Gasteiger partial charge in [0.15, 0.2) is 11.5 Å². The largest absolute Gasteiger partial charge is 0.485 e. The molecule has 3 aromatic rings. The van der Waals surface area contributed by atoms with Gasteiger partial charge in [0, 0.05) is 0 Å². The summed E-state index contributed by atoms with van der Waals surface area (Å²) < 4.78 is 17.1. The van der Waals surface area contributed by atoms with Crippen LogP contribution in [0.1, 0.15) is 17.6 Å². The molecule has 144 valence electrons. The van der Waals surface area contributed by atoms with Crippen molar-refractivity contribution in [2.24, 2.45) is 0 Å². The predicted molar refractivity (Wildman–Crippen MR) is 105 cm³/mol. The second kappa shape index (κ2) is 8.12. The Balaban J connectivity index is 1.33. The number of carbonyl (C=O) groups is 1. The highest BCUT2D eigenvalue weighted by atomic mass is 35.5. The van der Waals surface area contributed by atoms with Crippen LogP contribution in [0.15, 0.2) is 52.1 Å². The second-order valence-corrected chi connectivity index (χ2v) is 7.42. The summed E-state index contributed by atoms with van der Waals surface area (Å²) in [7, 11) is 0. The molecule has 2 heterocycles. The summed E-state index contributed by atoms with van der Waals surface area (Å²) in [6.45, 7) is 2.20. The van der Waals surface area contributed by atoms with Gasteiger partial charge in [-0.2, -0.15) is 0 Å². The number of hydrogen-bond donors (Lipinski definition) is 1. The average Bonchev–Trinajstić information content (AvgIpc) is 3.17. The Labute approximate surface area is 170 Å². The molecule has 0 spiro atoms. The Morgan fingerprint density at radius 1 is 1.25 bits per heavy atom. The number of para-hydroxylation sites is 2. The maximum atomic E-state index is 12.1. The van der Waals surface area contributed by atoms with Gasteiger partial charge in [0.05, 0.1) is 16.5 Å². The van der Waals surface area contributed by atoms with Crippen molar-refractivity contribution >= 4 is 35.0 Å². The molecule has 7 nitrogen and oxygen atoms in total. The third-order valence-corrected chi connectivity index (χ3v) is 5.06. The van der Waals surface area contributed by atoms with E-state index in [0.717, 1.165) is 17.3 Å². The first-order valence-electron chi connectivity index (χ1n) is 8.49. The third-order valence-electron chi connectivity index (χ3n) is 3.93. The molecule has 0 radical (unpaired) electrons. The number of nitrogens with zero attached hydrogens (tertiary/aromatic N) is 2.